The maximum absolute atomic E-state index is 9.21. The topological polar surface area (TPSA) is 46.2 Å². The Bertz CT molecular complexity index is 308. The van der Waals surface area contributed by atoms with Crippen LogP contribution in [0.25, 0.3) is 0 Å². The summed E-state index contributed by atoms with van der Waals surface area (Å²) in [7, 11) is 0. The van der Waals surface area contributed by atoms with Gasteiger partial charge in [-0.25, -0.2) is 0 Å². The van der Waals surface area contributed by atoms with Gasteiger partial charge in [0.2, 0.25) is 0 Å². The highest BCUT2D eigenvalue weighted by Gasteiger charge is 2.28. The number of hydrogen-bond acceptors (Lipinski definition) is 3. The molecule has 2 nitrogen and oxygen atoms in total. The second-order valence-electron chi connectivity index (χ2n) is 4.23. The van der Waals surface area contributed by atoms with Gasteiger partial charge in [0.1, 0.15) is 0 Å². The zero-order valence-electron chi connectivity index (χ0n) is 9.08. The quantitative estimate of drug-likeness (QED) is 0.899. The van der Waals surface area contributed by atoms with Crippen molar-refractivity contribution in [2.45, 2.75) is 26.8 Å². The molecule has 1 rings (SSSR count). The molecule has 0 aliphatic carbocycles. The zero-order valence-corrected chi connectivity index (χ0v) is 12.3. The van der Waals surface area contributed by atoms with Crippen molar-refractivity contribution in [3.8, 4) is 0 Å². The van der Waals surface area contributed by atoms with Gasteiger partial charge in [0.15, 0.2) is 0 Å². The van der Waals surface area contributed by atoms with E-state index in [1.165, 1.54) is 5.56 Å². The molecule has 88 valence electrons. The van der Waals surface area contributed by atoms with Crippen molar-refractivity contribution in [1.82, 2.24) is 0 Å². The average Bonchev–Trinajstić information content (AvgIpc) is 2.45. The number of halogens is 2. The van der Waals surface area contributed by atoms with Gasteiger partial charge in [-0.1, -0.05) is 13.8 Å². The first-order valence-corrected chi connectivity index (χ1v) is 6.11. The molecule has 15 heavy (non-hydrogen) atoms. The molecule has 0 spiro atoms. The van der Waals surface area contributed by atoms with Crippen molar-refractivity contribution in [3.05, 3.63) is 20.3 Å². The second-order valence-corrected chi connectivity index (χ2v) is 6.63. The minimum Gasteiger partial charge on any atom is -0.396 e. The summed E-state index contributed by atoms with van der Waals surface area (Å²) in [5.41, 5.74) is 7.03. The number of aliphatic hydroxyl groups excluding tert-OH is 1. The maximum Gasteiger partial charge on any atom is 0.0731 e. The van der Waals surface area contributed by atoms with Gasteiger partial charge >= 0.3 is 0 Å². The smallest absolute Gasteiger partial charge is 0.0731 e. The van der Waals surface area contributed by atoms with Crippen LogP contribution in [-0.2, 0) is 0 Å². The highest BCUT2D eigenvalue weighted by Crippen LogP contribution is 2.37. The Morgan fingerprint density at radius 1 is 1.60 bits per heavy atom. The number of thiophene rings is 1. The van der Waals surface area contributed by atoms with Gasteiger partial charge in [0.25, 0.3) is 0 Å². The third kappa shape index (κ3) is 3.43. The van der Waals surface area contributed by atoms with Crippen molar-refractivity contribution in [2.75, 3.05) is 6.61 Å². The Morgan fingerprint density at radius 2 is 2.13 bits per heavy atom. The lowest BCUT2D eigenvalue weighted by molar-refractivity contribution is 0.133. The second kappa shape index (κ2) is 5.64. The van der Waals surface area contributed by atoms with Crippen LogP contribution in [0.1, 0.15) is 30.3 Å². The molecule has 0 fully saturated rings. The first-order chi connectivity index (χ1) is 6.38. The Hall–Kier alpha value is 0.390. The summed E-state index contributed by atoms with van der Waals surface area (Å²) >= 11 is 5.12. The fourth-order valence-electron chi connectivity index (χ4n) is 1.12. The summed E-state index contributed by atoms with van der Waals surface area (Å²) in [4.78, 5) is 1.12. The van der Waals surface area contributed by atoms with E-state index >= 15 is 0 Å². The molecule has 1 atom stereocenters. The van der Waals surface area contributed by atoms with Gasteiger partial charge < -0.3 is 10.8 Å². The highest BCUT2D eigenvalue weighted by molar-refractivity contribution is 9.11. The number of aryl methyl sites for hydroxylation is 1. The van der Waals surface area contributed by atoms with Crippen LogP contribution in [0, 0.1) is 12.3 Å². The lowest BCUT2D eigenvalue weighted by Gasteiger charge is -2.28. The molecule has 1 heterocycles. The summed E-state index contributed by atoms with van der Waals surface area (Å²) in [5.74, 6) is 0. The molecule has 0 aliphatic rings. The molecule has 0 aromatic carbocycles. The predicted molar refractivity (Wildman–Crippen MR) is 71.8 cm³/mol. The molecular formula is C10H17BrClNOS. The maximum atomic E-state index is 9.21. The molecular weight excluding hydrogens is 298 g/mol. The van der Waals surface area contributed by atoms with E-state index in [2.05, 4.69) is 22.0 Å². The number of rotatable bonds is 3. The van der Waals surface area contributed by atoms with Gasteiger partial charge in [-0.2, -0.15) is 0 Å². The zero-order chi connectivity index (χ0) is 10.9. The number of nitrogens with two attached hydrogens (primary N) is 1. The summed E-state index contributed by atoms with van der Waals surface area (Å²) in [5, 5.41) is 9.21. The number of hydrogen-bond donors (Lipinski definition) is 2. The first kappa shape index (κ1) is 15.4. The Labute approximate surface area is 109 Å². The largest absolute Gasteiger partial charge is 0.396 e. The van der Waals surface area contributed by atoms with Crippen LogP contribution < -0.4 is 5.73 Å². The molecule has 5 heteroatoms. The molecule has 0 radical (unpaired) electrons. The van der Waals surface area contributed by atoms with Gasteiger partial charge in [-0.05, 0) is 34.5 Å². The molecule has 0 aliphatic heterocycles. The molecule has 3 N–H and O–H groups in total. The van der Waals surface area contributed by atoms with Crippen molar-refractivity contribution in [3.63, 3.8) is 0 Å². The Kier molecular flexibility index (Phi) is 5.79. The van der Waals surface area contributed by atoms with Gasteiger partial charge in [0, 0.05) is 16.3 Å². The molecule has 0 bridgehead atoms. The van der Waals surface area contributed by atoms with Crippen LogP contribution >= 0.6 is 39.7 Å². The van der Waals surface area contributed by atoms with E-state index in [4.69, 9.17) is 5.73 Å². The monoisotopic (exact) mass is 313 g/mol. The molecule has 1 aromatic rings. The van der Waals surface area contributed by atoms with Crippen molar-refractivity contribution in [2.24, 2.45) is 11.1 Å². The minimum absolute atomic E-state index is 0. The fraction of sp³-hybridized carbons (Fsp3) is 0.600. The summed E-state index contributed by atoms with van der Waals surface area (Å²) in [6.07, 6.45) is 0. The molecule has 1 aromatic heterocycles. The summed E-state index contributed by atoms with van der Waals surface area (Å²) in [6.45, 7) is 6.09. The van der Waals surface area contributed by atoms with Gasteiger partial charge in [0.05, 0.1) is 10.4 Å². The van der Waals surface area contributed by atoms with E-state index in [1.54, 1.807) is 11.3 Å². The van der Waals surface area contributed by atoms with Crippen LogP contribution in [0.15, 0.2) is 9.85 Å². The van der Waals surface area contributed by atoms with Crippen molar-refractivity contribution < 1.29 is 5.11 Å². The van der Waals surface area contributed by atoms with E-state index in [0.29, 0.717) is 0 Å². The standard InChI is InChI=1S/C10H16BrNOS.ClH/c1-6-4-7(14-9(6)11)8(12)10(2,3)5-13;/h4,8,13H,5,12H2,1-3H3;1H/t8-;/m1./s1. The SMILES string of the molecule is Cc1cc([C@@H](N)C(C)(C)CO)sc1Br.Cl. The average molecular weight is 315 g/mol. The Morgan fingerprint density at radius 3 is 2.47 bits per heavy atom. The van der Waals surface area contributed by atoms with Crippen LogP contribution in [0.2, 0.25) is 0 Å². The molecule has 0 amide bonds. The van der Waals surface area contributed by atoms with E-state index in [0.717, 1.165) is 8.66 Å². The van der Waals surface area contributed by atoms with Gasteiger partial charge in [-0.3, -0.25) is 0 Å². The third-order valence-corrected chi connectivity index (χ3v) is 4.65. The van der Waals surface area contributed by atoms with Crippen LogP contribution in [0.3, 0.4) is 0 Å². The highest BCUT2D eigenvalue weighted by atomic mass is 79.9. The van der Waals surface area contributed by atoms with E-state index in [-0.39, 0.29) is 30.5 Å². The normalized spacial score (nSPS) is 13.5. The Balaban J connectivity index is 0.00000196. The van der Waals surface area contributed by atoms with Crippen LogP contribution in [-0.4, -0.2) is 11.7 Å². The number of aliphatic hydroxyl groups is 1. The fourth-order valence-corrected chi connectivity index (χ4v) is 2.90. The lowest BCUT2D eigenvalue weighted by Crippen LogP contribution is -2.31. The van der Waals surface area contributed by atoms with Gasteiger partial charge in [-0.15, -0.1) is 23.7 Å². The van der Waals surface area contributed by atoms with E-state index in [1.807, 2.05) is 20.8 Å². The van der Waals surface area contributed by atoms with E-state index < -0.39 is 0 Å². The molecule has 0 unspecified atom stereocenters. The lowest BCUT2D eigenvalue weighted by atomic mass is 9.85. The minimum atomic E-state index is -0.267. The van der Waals surface area contributed by atoms with Crippen molar-refractivity contribution >= 4 is 39.7 Å². The van der Waals surface area contributed by atoms with Crippen molar-refractivity contribution in [1.29, 1.82) is 0 Å². The summed E-state index contributed by atoms with van der Waals surface area (Å²) in [6, 6.07) is 1.97. The van der Waals surface area contributed by atoms with Crippen LogP contribution in [0.5, 0.6) is 0 Å². The predicted octanol–water partition coefficient (Wildman–Crippen LogP) is 3.26. The van der Waals surface area contributed by atoms with E-state index in [9.17, 15) is 5.11 Å². The molecule has 0 saturated heterocycles. The summed E-state index contributed by atoms with van der Waals surface area (Å²) < 4.78 is 1.12. The molecule has 0 saturated carbocycles. The first-order valence-electron chi connectivity index (χ1n) is 4.51. The third-order valence-electron chi connectivity index (χ3n) is 2.43. The van der Waals surface area contributed by atoms with Crippen LogP contribution in [0.4, 0.5) is 0 Å².